The van der Waals surface area contributed by atoms with Crippen molar-refractivity contribution < 1.29 is 28.8 Å². The molecule has 0 spiro atoms. The van der Waals surface area contributed by atoms with Crippen molar-refractivity contribution >= 4 is 35.3 Å². The molecular weight excluding hydrogens is 699 g/mol. The predicted molar refractivity (Wildman–Crippen MR) is 207 cm³/mol. The Morgan fingerprint density at radius 1 is 0.873 bits per heavy atom. The smallest absolute Gasteiger partial charge is 0.289 e. The van der Waals surface area contributed by atoms with E-state index in [1.165, 1.54) is 18.6 Å². The van der Waals surface area contributed by atoms with Crippen molar-refractivity contribution in [3.8, 4) is 0 Å². The lowest BCUT2D eigenvalue weighted by Crippen LogP contribution is -2.62. The van der Waals surface area contributed by atoms with Gasteiger partial charge in [-0.3, -0.25) is 33.8 Å². The molecule has 5 rings (SSSR count). The van der Waals surface area contributed by atoms with Crippen LogP contribution in [0.25, 0.3) is 0 Å². The number of benzene rings is 1. The zero-order chi connectivity index (χ0) is 39.7. The Bertz CT molecular complexity index is 1660. The van der Waals surface area contributed by atoms with E-state index in [2.05, 4.69) is 31.2 Å². The summed E-state index contributed by atoms with van der Waals surface area (Å²) in [6.07, 6.45) is 12.6. The van der Waals surface area contributed by atoms with Gasteiger partial charge in [0.15, 0.2) is 0 Å². The first-order valence-electron chi connectivity index (χ1n) is 20.1. The summed E-state index contributed by atoms with van der Waals surface area (Å²) in [7, 11) is 0. The van der Waals surface area contributed by atoms with Crippen molar-refractivity contribution in [2.75, 3.05) is 6.54 Å². The van der Waals surface area contributed by atoms with E-state index in [4.69, 9.17) is 0 Å². The van der Waals surface area contributed by atoms with E-state index in [1.807, 2.05) is 65.0 Å². The maximum absolute atomic E-state index is 14.7. The molecular formula is C42H59N7O6. The molecule has 298 valence electrons. The first-order chi connectivity index (χ1) is 26.3. The van der Waals surface area contributed by atoms with Gasteiger partial charge in [0.25, 0.3) is 11.8 Å². The number of nitrogens with zero attached hydrogens (tertiary/aromatic N) is 3. The van der Waals surface area contributed by atoms with E-state index in [9.17, 15) is 28.8 Å². The molecule has 1 aromatic heterocycles. The van der Waals surface area contributed by atoms with Crippen LogP contribution < -0.4 is 21.3 Å². The van der Waals surface area contributed by atoms with Crippen LogP contribution in [0, 0.1) is 23.2 Å². The molecule has 0 radical (unpaired) electrons. The normalized spacial score (nSPS) is 22.1. The number of Topliss-reactive ketones (excluding diaryl/α,β-unsaturated/α-hetero) is 1. The summed E-state index contributed by atoms with van der Waals surface area (Å²) in [5, 5.41) is 11.6. The molecule has 2 heterocycles. The van der Waals surface area contributed by atoms with Crippen LogP contribution in [0.4, 0.5) is 0 Å². The number of ketones is 1. The van der Waals surface area contributed by atoms with E-state index >= 15 is 0 Å². The van der Waals surface area contributed by atoms with Gasteiger partial charge in [0.2, 0.25) is 23.5 Å². The summed E-state index contributed by atoms with van der Waals surface area (Å²) in [6.45, 7) is 9.66. The molecule has 55 heavy (non-hydrogen) atoms. The van der Waals surface area contributed by atoms with Gasteiger partial charge < -0.3 is 26.2 Å². The fourth-order valence-electron chi connectivity index (χ4n) is 8.70. The monoisotopic (exact) mass is 757 g/mol. The predicted octanol–water partition coefficient (Wildman–Crippen LogP) is 3.91. The molecule has 2 aromatic rings. The molecule has 13 heteroatoms. The molecule has 0 bridgehead atoms. The summed E-state index contributed by atoms with van der Waals surface area (Å²) in [4.78, 5) is 92.9. The van der Waals surface area contributed by atoms with Crippen LogP contribution in [0.3, 0.4) is 0 Å². The van der Waals surface area contributed by atoms with Crippen LogP contribution in [0.15, 0.2) is 48.9 Å². The minimum atomic E-state index is -1.05. The summed E-state index contributed by atoms with van der Waals surface area (Å²) >= 11 is 0. The number of hydrogen-bond donors (Lipinski definition) is 4. The Morgan fingerprint density at radius 3 is 2.25 bits per heavy atom. The summed E-state index contributed by atoms with van der Waals surface area (Å²) < 4.78 is 0. The third-order valence-electron chi connectivity index (χ3n) is 11.5. The van der Waals surface area contributed by atoms with Crippen LogP contribution in [-0.2, 0) is 30.4 Å². The van der Waals surface area contributed by atoms with Crippen molar-refractivity contribution in [3.05, 3.63) is 60.2 Å². The highest BCUT2D eigenvalue weighted by Crippen LogP contribution is 2.43. The average molecular weight is 758 g/mol. The average Bonchev–Trinajstić information content (AvgIpc) is 3.78. The zero-order valence-corrected chi connectivity index (χ0v) is 33.0. The van der Waals surface area contributed by atoms with Crippen molar-refractivity contribution in [2.24, 2.45) is 23.2 Å². The van der Waals surface area contributed by atoms with Gasteiger partial charge in [0.1, 0.15) is 23.8 Å². The number of nitrogens with one attached hydrogen (secondary N) is 4. The number of rotatable bonds is 15. The minimum absolute atomic E-state index is 0.0936. The standard InChI is InChI=1S/C42H59N7O6/c1-6-14-31(35(50)40(54)45-26(2)23-27-15-9-7-10-16-27)46-39(53)34-30-20-13-19-29(30)25-49(34)41(55)36(42(3,4)5)48-38(52)33(28-17-11-8-12-18-28)47-37(51)32-24-43-21-22-44-32/h7,9-10,15-16,21-22,24,26,28-31,33-34,36H,6,8,11-14,17-20,23,25H2,1-5H3,(H,45,54)(H,46,53)(H,47,51)(H,48,52)/t26-,29?,30?,31?,33-,34-,36+/m0/s1. The van der Waals surface area contributed by atoms with Gasteiger partial charge in [0, 0.05) is 25.0 Å². The van der Waals surface area contributed by atoms with E-state index in [-0.39, 0.29) is 41.8 Å². The molecule has 13 nitrogen and oxygen atoms in total. The molecule has 4 N–H and O–H groups in total. The van der Waals surface area contributed by atoms with Crippen LogP contribution in [0.2, 0.25) is 0 Å². The third-order valence-corrected chi connectivity index (χ3v) is 11.5. The first-order valence-corrected chi connectivity index (χ1v) is 20.1. The van der Waals surface area contributed by atoms with E-state index in [0.29, 0.717) is 19.4 Å². The lowest BCUT2D eigenvalue weighted by Gasteiger charge is -2.38. The van der Waals surface area contributed by atoms with Crippen LogP contribution in [0.5, 0.6) is 0 Å². The quantitative estimate of drug-likeness (QED) is 0.198. The zero-order valence-electron chi connectivity index (χ0n) is 33.0. The molecule has 2 aliphatic carbocycles. The lowest BCUT2D eigenvalue weighted by atomic mass is 9.82. The van der Waals surface area contributed by atoms with Gasteiger partial charge in [-0.25, -0.2) is 4.98 Å². The SMILES string of the molecule is CCCC(NC(=O)[C@@H]1C2CCCC2CN1C(=O)[C@@H](NC(=O)[C@@H](NC(=O)c1cnccn1)C1CCCCC1)C(C)(C)C)C(=O)C(=O)N[C@@H](C)Cc1ccccc1. The highest BCUT2D eigenvalue weighted by atomic mass is 16.2. The Hall–Kier alpha value is -4.68. The Morgan fingerprint density at radius 2 is 1.60 bits per heavy atom. The van der Waals surface area contributed by atoms with Crippen molar-refractivity contribution in [3.63, 3.8) is 0 Å². The molecule has 3 fully saturated rings. The van der Waals surface area contributed by atoms with Crippen LogP contribution in [-0.4, -0.2) is 86.9 Å². The van der Waals surface area contributed by atoms with Gasteiger partial charge >= 0.3 is 0 Å². The number of fused-ring (bicyclic) bond motifs is 1. The molecule has 3 aliphatic rings. The highest BCUT2D eigenvalue weighted by Gasteiger charge is 2.52. The van der Waals surface area contributed by atoms with Crippen LogP contribution in [0.1, 0.15) is 115 Å². The molecule has 2 saturated carbocycles. The highest BCUT2D eigenvalue weighted by molar-refractivity contribution is 6.38. The Balaban J connectivity index is 1.32. The van der Waals surface area contributed by atoms with E-state index in [0.717, 1.165) is 56.9 Å². The second-order valence-electron chi connectivity index (χ2n) is 16.8. The van der Waals surface area contributed by atoms with Gasteiger partial charge in [-0.1, -0.05) is 90.1 Å². The number of carbonyl (C=O) groups is 6. The van der Waals surface area contributed by atoms with Crippen LogP contribution >= 0.6 is 0 Å². The van der Waals surface area contributed by atoms with Gasteiger partial charge in [-0.05, 0) is 74.2 Å². The summed E-state index contributed by atoms with van der Waals surface area (Å²) in [5.74, 6) is -3.43. The van der Waals surface area contributed by atoms with E-state index in [1.54, 1.807) is 4.90 Å². The molecule has 5 amide bonds. The molecule has 7 atom stereocenters. The van der Waals surface area contributed by atoms with Gasteiger partial charge in [0.05, 0.1) is 12.2 Å². The second kappa shape index (κ2) is 18.8. The summed E-state index contributed by atoms with van der Waals surface area (Å²) in [5.41, 5.74) is 0.364. The third kappa shape index (κ3) is 10.5. The van der Waals surface area contributed by atoms with E-state index < -0.39 is 59.0 Å². The molecule has 1 aliphatic heterocycles. The molecule has 1 aromatic carbocycles. The molecule has 1 saturated heterocycles. The lowest BCUT2D eigenvalue weighted by molar-refractivity contribution is -0.146. The largest absolute Gasteiger partial charge is 0.347 e. The number of carbonyl (C=O) groups excluding carboxylic acids is 6. The number of likely N-dealkylation sites (tertiary alicyclic amines) is 1. The number of amides is 5. The maximum Gasteiger partial charge on any atom is 0.289 e. The number of aromatic nitrogens is 2. The summed E-state index contributed by atoms with van der Waals surface area (Å²) in [6, 6.07) is 5.54. The Labute approximate surface area is 325 Å². The molecule has 3 unspecified atom stereocenters. The number of hydrogen-bond acceptors (Lipinski definition) is 8. The topological polar surface area (TPSA) is 180 Å². The first kappa shape index (κ1) is 41.5. The van der Waals surface area contributed by atoms with Crippen molar-refractivity contribution in [1.82, 2.24) is 36.1 Å². The maximum atomic E-state index is 14.7. The van der Waals surface area contributed by atoms with Gasteiger partial charge in [-0.15, -0.1) is 0 Å². The Kier molecular flexibility index (Phi) is 14.2. The fraction of sp³-hybridized carbons (Fsp3) is 0.619. The minimum Gasteiger partial charge on any atom is -0.347 e. The fourth-order valence-corrected chi connectivity index (χ4v) is 8.70. The second-order valence-corrected chi connectivity index (χ2v) is 16.8. The van der Waals surface area contributed by atoms with Crippen molar-refractivity contribution in [1.29, 1.82) is 0 Å². The van der Waals surface area contributed by atoms with Crippen molar-refractivity contribution in [2.45, 2.75) is 135 Å². The van der Waals surface area contributed by atoms with Gasteiger partial charge in [-0.2, -0.15) is 0 Å².